The van der Waals surface area contributed by atoms with Gasteiger partial charge in [0.1, 0.15) is 23.5 Å². The highest BCUT2D eigenvalue weighted by Crippen LogP contribution is 2.34. The number of aromatic hydroxyl groups is 1. The van der Waals surface area contributed by atoms with Gasteiger partial charge in [-0.05, 0) is 68.9 Å². The summed E-state index contributed by atoms with van der Waals surface area (Å²) in [6, 6.07) is 17.3. The number of amides is 2. The fourth-order valence-corrected chi connectivity index (χ4v) is 8.29. The van der Waals surface area contributed by atoms with Crippen molar-refractivity contribution in [2.24, 2.45) is 5.92 Å². The van der Waals surface area contributed by atoms with Crippen molar-refractivity contribution in [2.75, 3.05) is 25.5 Å². The van der Waals surface area contributed by atoms with Crippen molar-refractivity contribution in [2.45, 2.75) is 77.6 Å². The standard InChI is InChI=1S/C43H49N9O6S/c1-25(23-57-16-8-7-15-51-21-31(20-46-51)34-19-35(48-49-41(34)44)33-9-5-6-10-37(33)54)39(38-17-26(2)50-58-38)43(56)52-22-32(53)18-36(52)42(55)47-27(3)29-11-13-30(14-12-29)40-28(4)45-24-59-40/h5-6,9-14,17,19-21,24-25,27,32,36,39,53-54H,7-8,15-16,18,22-23H2,1-4H3,(H2,44,49)(H,47,55)/t25-,27+,32-,36+,39+/m1/s1. The number of carbonyl (C=O) groups is 2. The van der Waals surface area contributed by atoms with Crippen LogP contribution in [-0.4, -0.2) is 89.0 Å². The molecule has 4 aromatic heterocycles. The van der Waals surface area contributed by atoms with Gasteiger partial charge < -0.3 is 35.4 Å². The first kappa shape index (κ1) is 41.2. The van der Waals surface area contributed by atoms with Gasteiger partial charge >= 0.3 is 0 Å². The van der Waals surface area contributed by atoms with Gasteiger partial charge in [-0.25, -0.2) is 4.98 Å². The summed E-state index contributed by atoms with van der Waals surface area (Å²) in [5.41, 5.74) is 14.1. The lowest BCUT2D eigenvalue weighted by atomic mass is 9.90. The molecular weight excluding hydrogens is 771 g/mol. The fraction of sp³-hybridized carbons (Fsp3) is 0.372. The molecule has 1 aliphatic heterocycles. The number of phenolic OH excluding ortho intramolecular Hbond substituents is 1. The third kappa shape index (κ3) is 9.51. The number of nitrogens with one attached hydrogen (secondary N) is 1. The monoisotopic (exact) mass is 819 g/mol. The predicted octanol–water partition coefficient (Wildman–Crippen LogP) is 6.08. The molecule has 1 aliphatic rings. The van der Waals surface area contributed by atoms with E-state index in [-0.39, 0.29) is 54.9 Å². The Morgan fingerprint density at radius 3 is 2.58 bits per heavy atom. The van der Waals surface area contributed by atoms with Gasteiger partial charge in [-0.1, -0.05) is 48.5 Å². The van der Waals surface area contributed by atoms with E-state index in [1.165, 1.54) is 4.90 Å². The number of aromatic nitrogens is 6. The Labute approximate surface area is 346 Å². The Morgan fingerprint density at radius 2 is 1.85 bits per heavy atom. The van der Waals surface area contributed by atoms with Crippen LogP contribution in [0.3, 0.4) is 0 Å². The Hall–Kier alpha value is -5.97. The maximum atomic E-state index is 14.4. The molecule has 15 nitrogen and oxygen atoms in total. The number of para-hydroxylation sites is 1. The van der Waals surface area contributed by atoms with Gasteiger partial charge in [-0.2, -0.15) is 5.10 Å². The maximum absolute atomic E-state index is 14.4. The van der Waals surface area contributed by atoms with Crippen molar-refractivity contribution in [3.8, 4) is 38.6 Å². The number of benzene rings is 2. The van der Waals surface area contributed by atoms with Crippen LogP contribution in [0.1, 0.15) is 67.8 Å². The summed E-state index contributed by atoms with van der Waals surface area (Å²) in [5, 5.41) is 40.9. The molecule has 0 aliphatic carbocycles. The molecule has 5 N–H and O–H groups in total. The number of hydrogen-bond acceptors (Lipinski definition) is 13. The van der Waals surface area contributed by atoms with Gasteiger partial charge in [0, 0.05) is 55.1 Å². The van der Waals surface area contributed by atoms with E-state index in [1.807, 2.05) is 67.5 Å². The summed E-state index contributed by atoms with van der Waals surface area (Å²) < 4.78 is 13.6. The number of phenols is 1. The molecule has 7 rings (SSSR count). The molecule has 0 spiro atoms. The van der Waals surface area contributed by atoms with Crippen molar-refractivity contribution in [1.82, 2.24) is 40.3 Å². The number of ether oxygens (including phenoxy) is 1. The van der Waals surface area contributed by atoms with Crippen LogP contribution in [0.5, 0.6) is 5.75 Å². The second-order valence-corrected chi connectivity index (χ2v) is 16.0. The molecule has 0 bridgehead atoms. The minimum absolute atomic E-state index is 0.0303. The zero-order valence-electron chi connectivity index (χ0n) is 33.5. The minimum Gasteiger partial charge on any atom is -0.507 e. The number of aliphatic hydroxyl groups is 1. The number of nitrogens with zero attached hydrogens (tertiary/aromatic N) is 7. The molecule has 5 atom stereocenters. The van der Waals surface area contributed by atoms with E-state index in [9.17, 15) is 19.8 Å². The number of rotatable bonds is 16. The van der Waals surface area contributed by atoms with Gasteiger partial charge in [0.2, 0.25) is 11.8 Å². The summed E-state index contributed by atoms with van der Waals surface area (Å²) in [7, 11) is 0. The van der Waals surface area contributed by atoms with E-state index < -0.39 is 18.1 Å². The molecule has 308 valence electrons. The average Bonchev–Trinajstić information content (AvgIpc) is 4.05. The summed E-state index contributed by atoms with van der Waals surface area (Å²) in [4.78, 5) is 35.0. The van der Waals surface area contributed by atoms with Crippen LogP contribution in [0.2, 0.25) is 0 Å². The lowest BCUT2D eigenvalue weighted by molar-refractivity contribution is -0.141. The minimum atomic E-state index is -0.855. The molecule has 1 fully saturated rings. The van der Waals surface area contributed by atoms with E-state index in [0.29, 0.717) is 41.4 Å². The highest BCUT2D eigenvalue weighted by atomic mass is 32.1. The number of nitrogen functional groups attached to an aromatic ring is 1. The number of anilines is 1. The van der Waals surface area contributed by atoms with Crippen LogP contribution in [0.4, 0.5) is 5.82 Å². The first-order chi connectivity index (χ1) is 28.5. The second kappa shape index (κ2) is 18.3. The molecule has 0 radical (unpaired) electrons. The van der Waals surface area contributed by atoms with E-state index in [0.717, 1.165) is 40.1 Å². The Balaban J connectivity index is 0.928. The third-order valence-electron chi connectivity index (χ3n) is 10.7. The number of thiazole rings is 1. The van der Waals surface area contributed by atoms with E-state index in [4.69, 9.17) is 15.0 Å². The molecule has 59 heavy (non-hydrogen) atoms. The van der Waals surface area contributed by atoms with E-state index in [1.54, 1.807) is 54.8 Å². The first-order valence-corrected chi connectivity index (χ1v) is 20.6. The topological polar surface area (TPSA) is 208 Å². The molecule has 16 heteroatoms. The zero-order valence-corrected chi connectivity index (χ0v) is 34.3. The maximum Gasteiger partial charge on any atom is 0.243 e. The molecule has 0 unspecified atom stereocenters. The Bertz CT molecular complexity index is 2380. The van der Waals surface area contributed by atoms with Gasteiger partial charge in [-0.3, -0.25) is 14.3 Å². The molecule has 6 aromatic rings. The molecule has 5 heterocycles. The van der Waals surface area contributed by atoms with E-state index in [2.05, 4.69) is 30.8 Å². The summed E-state index contributed by atoms with van der Waals surface area (Å²) in [6.07, 6.45) is 4.42. The van der Waals surface area contributed by atoms with Crippen LogP contribution in [-0.2, 0) is 20.9 Å². The molecule has 0 saturated carbocycles. The van der Waals surface area contributed by atoms with Crippen LogP contribution < -0.4 is 11.1 Å². The number of unbranched alkanes of at least 4 members (excludes halogenated alkanes) is 1. The van der Waals surface area contributed by atoms with Gasteiger partial charge in [-0.15, -0.1) is 21.5 Å². The lowest BCUT2D eigenvalue weighted by Gasteiger charge is -2.30. The number of β-amino-alcohol motifs (C(OH)–C–C–N with tert-alkyl or cyclic N) is 1. The SMILES string of the molecule is Cc1cc([C@@H](C(=O)N2C[C@H](O)C[C@H]2C(=O)N[C@@H](C)c2ccc(-c3scnc3C)cc2)[C@H](C)COCCCCn2cc(-c3cc(-c4ccccc4O)nnc3N)cn2)on1. The van der Waals surface area contributed by atoms with Crippen molar-refractivity contribution >= 4 is 29.0 Å². The smallest absolute Gasteiger partial charge is 0.243 e. The highest BCUT2D eigenvalue weighted by Gasteiger charge is 2.44. The van der Waals surface area contributed by atoms with Crippen molar-refractivity contribution in [3.05, 3.63) is 101 Å². The predicted molar refractivity (Wildman–Crippen MR) is 223 cm³/mol. The largest absolute Gasteiger partial charge is 0.507 e. The molecule has 1 saturated heterocycles. The van der Waals surface area contributed by atoms with Crippen molar-refractivity contribution < 1.29 is 29.1 Å². The van der Waals surface area contributed by atoms with E-state index >= 15 is 0 Å². The third-order valence-corrected chi connectivity index (χ3v) is 11.7. The second-order valence-electron chi connectivity index (χ2n) is 15.2. The molecule has 2 aromatic carbocycles. The zero-order chi connectivity index (χ0) is 41.6. The number of nitrogens with two attached hydrogens (primary N) is 1. The molecular formula is C43H49N9O6S. The van der Waals surface area contributed by atoms with Gasteiger partial charge in [0.25, 0.3) is 0 Å². The summed E-state index contributed by atoms with van der Waals surface area (Å²) in [5.74, 6) is -1.000. The lowest BCUT2D eigenvalue weighted by Crippen LogP contribution is -2.48. The number of hydrogen-bond donors (Lipinski definition) is 4. The van der Waals surface area contributed by atoms with Crippen LogP contribution in [0, 0.1) is 19.8 Å². The number of aryl methyl sites for hydroxylation is 3. The van der Waals surface area contributed by atoms with Crippen LogP contribution >= 0.6 is 11.3 Å². The normalized spacial score (nSPS) is 16.9. The van der Waals surface area contributed by atoms with Gasteiger partial charge in [0.05, 0.1) is 52.4 Å². The summed E-state index contributed by atoms with van der Waals surface area (Å²) in [6.45, 7) is 8.97. The van der Waals surface area contributed by atoms with Crippen molar-refractivity contribution in [3.63, 3.8) is 0 Å². The van der Waals surface area contributed by atoms with Crippen LogP contribution in [0.25, 0.3) is 32.8 Å². The number of aliphatic hydroxyl groups excluding tert-OH is 1. The summed E-state index contributed by atoms with van der Waals surface area (Å²) >= 11 is 1.58. The fourth-order valence-electron chi connectivity index (χ4n) is 7.48. The highest BCUT2D eigenvalue weighted by molar-refractivity contribution is 7.13. The Kier molecular flexibility index (Phi) is 12.8. The average molecular weight is 820 g/mol. The van der Waals surface area contributed by atoms with Crippen molar-refractivity contribution in [1.29, 1.82) is 0 Å². The quantitative estimate of drug-likeness (QED) is 0.0820. The Morgan fingerprint density at radius 1 is 1.05 bits per heavy atom. The first-order valence-electron chi connectivity index (χ1n) is 19.7. The number of likely N-dealkylation sites (tertiary alicyclic amines) is 1. The molecule has 2 amide bonds. The van der Waals surface area contributed by atoms with Gasteiger partial charge in [0.15, 0.2) is 5.82 Å². The van der Waals surface area contributed by atoms with Crippen LogP contribution in [0.15, 0.2) is 83.1 Å². The number of carbonyl (C=O) groups excluding carboxylic acids is 2.